The van der Waals surface area contributed by atoms with Gasteiger partial charge in [-0.1, -0.05) is 42.5 Å². The number of fused-ring (bicyclic) bond motifs is 6. The Morgan fingerprint density at radius 2 is 1.22 bits per heavy atom. The molecule has 0 aliphatic rings. The van der Waals surface area contributed by atoms with Crippen molar-refractivity contribution in [3.8, 4) is 11.1 Å². The lowest BCUT2D eigenvalue weighted by Crippen LogP contribution is -1.82. The molecule has 0 saturated heterocycles. The molecule has 0 aliphatic heterocycles. The van der Waals surface area contributed by atoms with E-state index in [2.05, 4.69) is 55.5 Å². The SMILES string of the molecule is Cc1cc(-c2ccc3oc4ccccc4c3c2)c2oc3ccccc3c2c1. The zero-order valence-corrected chi connectivity index (χ0v) is 14.8. The Balaban J connectivity index is 1.70. The number of furan rings is 2. The van der Waals surface area contributed by atoms with E-state index >= 15 is 0 Å². The van der Waals surface area contributed by atoms with Crippen LogP contribution in [0.3, 0.4) is 0 Å². The van der Waals surface area contributed by atoms with E-state index in [1.54, 1.807) is 0 Å². The molecule has 27 heavy (non-hydrogen) atoms. The second-order valence-corrected chi connectivity index (χ2v) is 7.10. The van der Waals surface area contributed by atoms with Gasteiger partial charge in [0.1, 0.15) is 22.3 Å². The van der Waals surface area contributed by atoms with Crippen molar-refractivity contribution in [1.29, 1.82) is 0 Å². The Kier molecular flexibility index (Phi) is 2.84. The van der Waals surface area contributed by atoms with E-state index in [1.165, 1.54) is 5.56 Å². The van der Waals surface area contributed by atoms with Crippen LogP contribution in [0, 0.1) is 6.92 Å². The first-order valence-electron chi connectivity index (χ1n) is 9.11. The number of hydrogen-bond acceptors (Lipinski definition) is 2. The molecule has 6 aromatic rings. The summed E-state index contributed by atoms with van der Waals surface area (Å²) >= 11 is 0. The van der Waals surface area contributed by atoms with Crippen LogP contribution in [-0.2, 0) is 0 Å². The maximum absolute atomic E-state index is 6.25. The maximum Gasteiger partial charge on any atom is 0.143 e. The molecular formula is C25H16O2. The molecule has 2 nitrogen and oxygen atoms in total. The van der Waals surface area contributed by atoms with Crippen molar-refractivity contribution < 1.29 is 8.83 Å². The van der Waals surface area contributed by atoms with Crippen LogP contribution in [0.5, 0.6) is 0 Å². The van der Waals surface area contributed by atoms with E-state index in [1.807, 2.05) is 30.3 Å². The number of aryl methyl sites for hydroxylation is 1. The average Bonchev–Trinajstić information content (AvgIpc) is 3.25. The van der Waals surface area contributed by atoms with E-state index < -0.39 is 0 Å². The number of para-hydroxylation sites is 2. The summed E-state index contributed by atoms with van der Waals surface area (Å²) < 4.78 is 12.2. The van der Waals surface area contributed by atoms with Gasteiger partial charge in [-0.2, -0.15) is 0 Å². The predicted molar refractivity (Wildman–Crippen MR) is 111 cm³/mol. The average molecular weight is 348 g/mol. The van der Waals surface area contributed by atoms with Gasteiger partial charge in [-0.3, -0.25) is 0 Å². The molecular weight excluding hydrogens is 332 g/mol. The Bertz CT molecular complexity index is 1480. The van der Waals surface area contributed by atoms with Crippen molar-refractivity contribution in [2.75, 3.05) is 0 Å². The van der Waals surface area contributed by atoms with E-state index in [0.29, 0.717) is 0 Å². The lowest BCUT2D eigenvalue weighted by Gasteiger charge is -2.05. The second kappa shape index (κ2) is 5.24. The highest BCUT2D eigenvalue weighted by Crippen LogP contribution is 2.39. The standard InChI is InChI=1S/C25H16O2/c1-15-12-19(25-21(13-15)18-7-3-5-9-23(18)27-25)16-10-11-24-20(14-16)17-6-2-4-8-22(17)26-24/h2-14H,1H3. The molecule has 2 heteroatoms. The quantitative estimate of drug-likeness (QED) is 0.308. The van der Waals surface area contributed by atoms with Crippen LogP contribution < -0.4 is 0 Å². The third-order valence-corrected chi connectivity index (χ3v) is 5.31. The van der Waals surface area contributed by atoms with E-state index in [4.69, 9.17) is 8.83 Å². The second-order valence-electron chi connectivity index (χ2n) is 7.10. The summed E-state index contributed by atoms with van der Waals surface area (Å²) in [7, 11) is 0. The first-order chi connectivity index (χ1) is 13.3. The number of hydrogen-bond donors (Lipinski definition) is 0. The topological polar surface area (TPSA) is 26.3 Å². The molecule has 0 amide bonds. The monoisotopic (exact) mass is 348 g/mol. The highest BCUT2D eigenvalue weighted by molar-refractivity contribution is 6.11. The van der Waals surface area contributed by atoms with Crippen molar-refractivity contribution in [2.24, 2.45) is 0 Å². The smallest absolute Gasteiger partial charge is 0.143 e. The molecule has 0 aliphatic carbocycles. The lowest BCUT2D eigenvalue weighted by atomic mass is 9.98. The fourth-order valence-electron chi connectivity index (χ4n) is 4.08. The summed E-state index contributed by atoms with van der Waals surface area (Å²) in [6, 6.07) is 27.2. The summed E-state index contributed by atoms with van der Waals surface area (Å²) in [6.07, 6.45) is 0. The van der Waals surface area contributed by atoms with Gasteiger partial charge in [0.05, 0.1) is 0 Å². The molecule has 0 spiro atoms. The van der Waals surface area contributed by atoms with Crippen LogP contribution in [0.2, 0.25) is 0 Å². The minimum absolute atomic E-state index is 0.911. The van der Waals surface area contributed by atoms with Crippen LogP contribution in [-0.4, -0.2) is 0 Å². The maximum atomic E-state index is 6.25. The first kappa shape index (κ1) is 14.6. The van der Waals surface area contributed by atoms with Crippen LogP contribution in [0.1, 0.15) is 5.56 Å². The third-order valence-electron chi connectivity index (χ3n) is 5.31. The van der Waals surface area contributed by atoms with Crippen molar-refractivity contribution in [1.82, 2.24) is 0 Å². The molecule has 0 unspecified atom stereocenters. The molecule has 4 aromatic carbocycles. The van der Waals surface area contributed by atoms with Crippen LogP contribution in [0.4, 0.5) is 0 Å². The zero-order chi connectivity index (χ0) is 18.0. The first-order valence-corrected chi connectivity index (χ1v) is 9.11. The molecule has 0 bridgehead atoms. The van der Waals surface area contributed by atoms with E-state index in [-0.39, 0.29) is 0 Å². The Morgan fingerprint density at radius 3 is 2.04 bits per heavy atom. The molecule has 0 N–H and O–H groups in total. The molecule has 2 heterocycles. The van der Waals surface area contributed by atoms with Crippen LogP contribution in [0.15, 0.2) is 87.7 Å². The van der Waals surface area contributed by atoms with Gasteiger partial charge in [-0.15, -0.1) is 0 Å². The number of rotatable bonds is 1. The van der Waals surface area contributed by atoms with Gasteiger partial charge in [-0.25, -0.2) is 0 Å². The van der Waals surface area contributed by atoms with E-state index in [0.717, 1.165) is 55.0 Å². The Morgan fingerprint density at radius 1 is 0.556 bits per heavy atom. The Hall–Kier alpha value is -3.52. The van der Waals surface area contributed by atoms with Gasteiger partial charge in [-0.05, 0) is 54.4 Å². The van der Waals surface area contributed by atoms with Crippen LogP contribution in [0.25, 0.3) is 55.0 Å². The van der Waals surface area contributed by atoms with Crippen molar-refractivity contribution in [3.05, 3.63) is 84.4 Å². The Labute approximate surface area is 155 Å². The van der Waals surface area contributed by atoms with Gasteiger partial charge in [0, 0.05) is 27.1 Å². The van der Waals surface area contributed by atoms with Gasteiger partial charge >= 0.3 is 0 Å². The van der Waals surface area contributed by atoms with Gasteiger partial charge in [0.25, 0.3) is 0 Å². The summed E-state index contributed by atoms with van der Waals surface area (Å²) in [5.41, 5.74) is 7.18. The molecule has 0 fully saturated rings. The summed E-state index contributed by atoms with van der Waals surface area (Å²) in [5, 5.41) is 4.60. The van der Waals surface area contributed by atoms with Gasteiger partial charge in [0.15, 0.2) is 0 Å². The summed E-state index contributed by atoms with van der Waals surface area (Å²) in [6.45, 7) is 2.14. The van der Waals surface area contributed by atoms with Crippen molar-refractivity contribution in [3.63, 3.8) is 0 Å². The molecule has 0 saturated carbocycles. The molecule has 6 rings (SSSR count). The molecule has 128 valence electrons. The minimum Gasteiger partial charge on any atom is -0.456 e. The molecule has 0 radical (unpaired) electrons. The summed E-state index contributed by atoms with van der Waals surface area (Å²) in [4.78, 5) is 0. The van der Waals surface area contributed by atoms with Crippen LogP contribution >= 0.6 is 0 Å². The van der Waals surface area contributed by atoms with Gasteiger partial charge < -0.3 is 8.83 Å². The highest BCUT2D eigenvalue weighted by atomic mass is 16.3. The van der Waals surface area contributed by atoms with Crippen molar-refractivity contribution in [2.45, 2.75) is 6.92 Å². The molecule has 0 atom stereocenters. The fourth-order valence-corrected chi connectivity index (χ4v) is 4.08. The normalized spacial score (nSPS) is 11.9. The van der Waals surface area contributed by atoms with E-state index in [9.17, 15) is 0 Å². The predicted octanol–water partition coefficient (Wildman–Crippen LogP) is 7.46. The lowest BCUT2D eigenvalue weighted by molar-refractivity contribution is 0.668. The molecule has 2 aromatic heterocycles. The largest absolute Gasteiger partial charge is 0.456 e. The van der Waals surface area contributed by atoms with Gasteiger partial charge in [0.2, 0.25) is 0 Å². The zero-order valence-electron chi connectivity index (χ0n) is 14.8. The van der Waals surface area contributed by atoms with Crippen molar-refractivity contribution >= 4 is 43.9 Å². The number of benzene rings is 4. The minimum atomic E-state index is 0.911. The summed E-state index contributed by atoms with van der Waals surface area (Å²) in [5.74, 6) is 0. The third kappa shape index (κ3) is 2.07. The fraction of sp³-hybridized carbons (Fsp3) is 0.0400. The highest BCUT2D eigenvalue weighted by Gasteiger charge is 2.14.